The lowest BCUT2D eigenvalue weighted by Crippen LogP contribution is -2.38. The molecule has 4 heteroatoms. The average Bonchev–Trinajstić information content (AvgIpc) is 3.18. The largest absolute Gasteiger partial charge is 0.467 e. The molecular weight excluding hydrogens is 254 g/mol. The second-order valence-electron chi connectivity index (χ2n) is 4.84. The SMILES string of the molecule is O=C(C1CCCO1)N(Cc1ccco1)c1ccccc1. The van der Waals surface area contributed by atoms with Crippen molar-refractivity contribution in [3.63, 3.8) is 0 Å². The van der Waals surface area contributed by atoms with Gasteiger partial charge in [0.15, 0.2) is 0 Å². The Bertz CT molecular complexity index is 544. The summed E-state index contributed by atoms with van der Waals surface area (Å²) in [5.41, 5.74) is 0.865. The lowest BCUT2D eigenvalue weighted by atomic mass is 10.2. The van der Waals surface area contributed by atoms with E-state index >= 15 is 0 Å². The maximum absolute atomic E-state index is 12.6. The number of rotatable bonds is 4. The van der Waals surface area contributed by atoms with Gasteiger partial charge in [0.05, 0.1) is 12.8 Å². The summed E-state index contributed by atoms with van der Waals surface area (Å²) in [6.45, 7) is 1.09. The molecule has 4 nitrogen and oxygen atoms in total. The quantitative estimate of drug-likeness (QED) is 0.858. The number of anilines is 1. The van der Waals surface area contributed by atoms with Crippen LogP contribution >= 0.6 is 0 Å². The molecule has 2 aromatic rings. The zero-order valence-corrected chi connectivity index (χ0v) is 11.2. The first kappa shape index (κ1) is 12.9. The predicted molar refractivity (Wildman–Crippen MR) is 75.3 cm³/mol. The molecule has 1 saturated heterocycles. The van der Waals surface area contributed by atoms with Crippen molar-refractivity contribution in [1.29, 1.82) is 0 Å². The van der Waals surface area contributed by atoms with Crippen LogP contribution in [0.1, 0.15) is 18.6 Å². The molecule has 0 aliphatic carbocycles. The van der Waals surface area contributed by atoms with Crippen LogP contribution in [-0.4, -0.2) is 18.6 Å². The number of ether oxygens (including phenoxy) is 1. The van der Waals surface area contributed by atoms with Crippen LogP contribution in [0, 0.1) is 0 Å². The van der Waals surface area contributed by atoms with Gasteiger partial charge in [-0.3, -0.25) is 4.79 Å². The minimum absolute atomic E-state index is 0.00472. The van der Waals surface area contributed by atoms with Crippen LogP contribution in [0.4, 0.5) is 5.69 Å². The molecule has 0 saturated carbocycles. The van der Waals surface area contributed by atoms with Crippen LogP contribution < -0.4 is 4.90 Å². The average molecular weight is 271 g/mol. The topological polar surface area (TPSA) is 42.7 Å². The highest BCUT2D eigenvalue weighted by Gasteiger charge is 2.29. The van der Waals surface area contributed by atoms with Crippen molar-refractivity contribution in [1.82, 2.24) is 0 Å². The van der Waals surface area contributed by atoms with Gasteiger partial charge in [-0.2, -0.15) is 0 Å². The van der Waals surface area contributed by atoms with Gasteiger partial charge in [0.1, 0.15) is 11.9 Å². The van der Waals surface area contributed by atoms with E-state index < -0.39 is 0 Å². The maximum Gasteiger partial charge on any atom is 0.256 e. The van der Waals surface area contributed by atoms with E-state index in [-0.39, 0.29) is 12.0 Å². The Hall–Kier alpha value is -2.07. The molecule has 0 bridgehead atoms. The number of furan rings is 1. The van der Waals surface area contributed by atoms with Gasteiger partial charge >= 0.3 is 0 Å². The molecular formula is C16H17NO3. The first-order chi connectivity index (χ1) is 9.84. The number of benzene rings is 1. The van der Waals surface area contributed by atoms with Gasteiger partial charge in [-0.25, -0.2) is 0 Å². The molecule has 0 radical (unpaired) electrons. The van der Waals surface area contributed by atoms with E-state index in [9.17, 15) is 4.79 Å². The lowest BCUT2D eigenvalue weighted by molar-refractivity contribution is -0.127. The standard InChI is InChI=1S/C16H17NO3/c18-16(15-9-5-11-20-15)17(12-14-8-4-10-19-14)13-6-2-1-3-7-13/h1-4,6-8,10,15H,5,9,11-12H2. The second-order valence-corrected chi connectivity index (χ2v) is 4.84. The third-order valence-electron chi connectivity index (χ3n) is 3.43. The second kappa shape index (κ2) is 5.92. The zero-order chi connectivity index (χ0) is 13.8. The molecule has 2 heterocycles. The molecule has 0 N–H and O–H groups in total. The van der Waals surface area contributed by atoms with Gasteiger partial charge in [-0.05, 0) is 37.1 Å². The maximum atomic E-state index is 12.6. The third kappa shape index (κ3) is 2.75. The molecule has 1 atom stereocenters. The Morgan fingerprint density at radius 1 is 1.20 bits per heavy atom. The summed E-state index contributed by atoms with van der Waals surface area (Å²) >= 11 is 0. The van der Waals surface area contributed by atoms with Gasteiger partial charge in [0, 0.05) is 12.3 Å². The van der Waals surface area contributed by atoms with E-state index in [4.69, 9.17) is 9.15 Å². The van der Waals surface area contributed by atoms with Crippen LogP contribution in [0.3, 0.4) is 0 Å². The Morgan fingerprint density at radius 2 is 2.05 bits per heavy atom. The third-order valence-corrected chi connectivity index (χ3v) is 3.43. The van der Waals surface area contributed by atoms with Crippen molar-refractivity contribution in [3.8, 4) is 0 Å². The Labute approximate surface area is 118 Å². The van der Waals surface area contributed by atoms with Gasteiger partial charge in [-0.1, -0.05) is 18.2 Å². The fraction of sp³-hybridized carbons (Fsp3) is 0.312. The van der Waals surface area contributed by atoms with Crippen molar-refractivity contribution in [2.45, 2.75) is 25.5 Å². The Morgan fingerprint density at radius 3 is 2.70 bits per heavy atom. The summed E-state index contributed by atoms with van der Waals surface area (Å²) in [5.74, 6) is 0.769. The molecule has 20 heavy (non-hydrogen) atoms. The van der Waals surface area contributed by atoms with Gasteiger partial charge in [0.2, 0.25) is 0 Å². The van der Waals surface area contributed by atoms with E-state index in [0.717, 1.165) is 24.3 Å². The van der Waals surface area contributed by atoms with E-state index in [1.165, 1.54) is 0 Å². The highest BCUT2D eigenvalue weighted by molar-refractivity contribution is 5.96. The fourth-order valence-electron chi connectivity index (χ4n) is 2.41. The molecule has 1 aliphatic rings. The molecule has 1 aromatic carbocycles. The number of para-hydroxylation sites is 1. The summed E-state index contributed by atoms with van der Waals surface area (Å²) in [6, 6.07) is 13.3. The van der Waals surface area contributed by atoms with Crippen molar-refractivity contribution in [2.24, 2.45) is 0 Å². The molecule has 104 valence electrons. The number of carbonyl (C=O) groups is 1. The Kier molecular flexibility index (Phi) is 3.83. The number of nitrogens with zero attached hydrogens (tertiary/aromatic N) is 1. The van der Waals surface area contributed by atoms with Gasteiger partial charge < -0.3 is 14.1 Å². The normalized spacial score (nSPS) is 18.1. The van der Waals surface area contributed by atoms with Crippen LogP contribution in [0.15, 0.2) is 53.1 Å². The minimum Gasteiger partial charge on any atom is -0.467 e. The van der Waals surface area contributed by atoms with Crippen LogP contribution in [-0.2, 0) is 16.1 Å². The number of amides is 1. The van der Waals surface area contributed by atoms with Gasteiger partial charge in [0.25, 0.3) is 5.91 Å². The molecule has 1 amide bonds. The monoisotopic (exact) mass is 271 g/mol. The highest BCUT2D eigenvalue weighted by Crippen LogP contribution is 2.22. The summed E-state index contributed by atoms with van der Waals surface area (Å²) < 4.78 is 10.9. The number of carbonyl (C=O) groups excluding carboxylic acids is 1. The lowest BCUT2D eigenvalue weighted by Gasteiger charge is -2.24. The van der Waals surface area contributed by atoms with E-state index in [2.05, 4.69) is 0 Å². The van der Waals surface area contributed by atoms with Gasteiger partial charge in [-0.15, -0.1) is 0 Å². The summed E-state index contributed by atoms with van der Waals surface area (Å²) in [6.07, 6.45) is 3.03. The van der Waals surface area contributed by atoms with Crippen LogP contribution in [0.25, 0.3) is 0 Å². The first-order valence-corrected chi connectivity index (χ1v) is 6.85. The summed E-state index contributed by atoms with van der Waals surface area (Å²) in [5, 5.41) is 0. The molecule has 1 unspecified atom stereocenters. The highest BCUT2D eigenvalue weighted by atomic mass is 16.5. The summed E-state index contributed by atoms with van der Waals surface area (Å²) in [4.78, 5) is 14.4. The Balaban J connectivity index is 1.84. The molecule has 1 fully saturated rings. The van der Waals surface area contributed by atoms with Crippen molar-refractivity contribution in [3.05, 3.63) is 54.5 Å². The molecule has 3 rings (SSSR count). The molecule has 1 aromatic heterocycles. The molecule has 1 aliphatic heterocycles. The fourth-order valence-corrected chi connectivity index (χ4v) is 2.41. The smallest absolute Gasteiger partial charge is 0.256 e. The summed E-state index contributed by atoms with van der Waals surface area (Å²) in [7, 11) is 0. The van der Waals surface area contributed by atoms with E-state index in [0.29, 0.717) is 13.2 Å². The van der Waals surface area contributed by atoms with Crippen molar-refractivity contribution >= 4 is 11.6 Å². The van der Waals surface area contributed by atoms with Crippen LogP contribution in [0.5, 0.6) is 0 Å². The van der Waals surface area contributed by atoms with E-state index in [1.807, 2.05) is 42.5 Å². The van der Waals surface area contributed by atoms with Crippen LogP contribution in [0.2, 0.25) is 0 Å². The minimum atomic E-state index is -0.329. The predicted octanol–water partition coefficient (Wildman–Crippen LogP) is 2.99. The zero-order valence-electron chi connectivity index (χ0n) is 11.2. The number of hydrogen-bond donors (Lipinski definition) is 0. The van der Waals surface area contributed by atoms with Crippen molar-refractivity contribution in [2.75, 3.05) is 11.5 Å². The van der Waals surface area contributed by atoms with Crippen molar-refractivity contribution < 1.29 is 13.9 Å². The molecule has 0 spiro atoms. The van der Waals surface area contributed by atoms with E-state index in [1.54, 1.807) is 11.2 Å². The first-order valence-electron chi connectivity index (χ1n) is 6.85. The number of hydrogen-bond acceptors (Lipinski definition) is 3.